The lowest BCUT2D eigenvalue weighted by Gasteiger charge is -2.24. The zero-order valence-electron chi connectivity index (χ0n) is 17.7. The van der Waals surface area contributed by atoms with Crippen LogP contribution in [0.15, 0.2) is 30.3 Å². The molecule has 11 heteroatoms. The predicted octanol–water partition coefficient (Wildman–Crippen LogP) is -0.575. The zero-order valence-corrected chi connectivity index (χ0v) is 17.7. The summed E-state index contributed by atoms with van der Waals surface area (Å²) in [5, 5.41) is 34.0. The van der Waals surface area contributed by atoms with Gasteiger partial charge in [0.2, 0.25) is 17.7 Å². The van der Waals surface area contributed by atoms with Gasteiger partial charge in [0.1, 0.15) is 18.1 Å². The molecule has 176 valence electrons. The Kier molecular flexibility index (Phi) is 11.4. The predicted molar refractivity (Wildman–Crippen MR) is 112 cm³/mol. The molecule has 0 bridgehead atoms. The highest BCUT2D eigenvalue weighted by Crippen LogP contribution is 2.06. The molecular formula is C21H29N3O8. The van der Waals surface area contributed by atoms with E-state index in [0.29, 0.717) is 0 Å². The third-order valence-electron chi connectivity index (χ3n) is 4.51. The van der Waals surface area contributed by atoms with Gasteiger partial charge in [-0.15, -0.1) is 0 Å². The van der Waals surface area contributed by atoms with E-state index in [1.165, 1.54) is 6.92 Å². The van der Waals surface area contributed by atoms with Crippen LogP contribution in [0.1, 0.15) is 38.2 Å². The van der Waals surface area contributed by atoms with Crippen molar-refractivity contribution in [2.24, 2.45) is 0 Å². The lowest BCUT2D eigenvalue weighted by Crippen LogP contribution is -2.56. The third kappa shape index (κ3) is 10.0. The van der Waals surface area contributed by atoms with Crippen LogP contribution in [0.3, 0.4) is 0 Å². The van der Waals surface area contributed by atoms with Gasteiger partial charge in [0.25, 0.3) is 0 Å². The van der Waals surface area contributed by atoms with Gasteiger partial charge in [-0.25, -0.2) is 0 Å². The van der Waals surface area contributed by atoms with E-state index in [9.17, 15) is 24.0 Å². The van der Waals surface area contributed by atoms with Crippen LogP contribution in [0.25, 0.3) is 0 Å². The Labute approximate surface area is 185 Å². The van der Waals surface area contributed by atoms with Crippen LogP contribution < -0.4 is 16.0 Å². The van der Waals surface area contributed by atoms with Crippen LogP contribution in [0, 0.1) is 0 Å². The van der Waals surface area contributed by atoms with Crippen molar-refractivity contribution >= 4 is 29.7 Å². The van der Waals surface area contributed by atoms with Crippen molar-refractivity contribution in [3.63, 3.8) is 0 Å². The number of carbonyl (C=O) groups excluding carboxylic acids is 3. The van der Waals surface area contributed by atoms with Gasteiger partial charge in [-0.1, -0.05) is 30.3 Å². The molecule has 3 atom stereocenters. The molecule has 0 fully saturated rings. The number of aliphatic hydroxyl groups excluding tert-OH is 1. The quantitative estimate of drug-likeness (QED) is 0.217. The molecule has 0 aliphatic rings. The maximum Gasteiger partial charge on any atom is 0.325 e. The number of aliphatic hydroxyl groups is 1. The fourth-order valence-electron chi connectivity index (χ4n) is 2.75. The molecule has 1 aromatic rings. The monoisotopic (exact) mass is 451 g/mol. The summed E-state index contributed by atoms with van der Waals surface area (Å²) in [5.41, 5.74) is 0.737. The van der Waals surface area contributed by atoms with Crippen LogP contribution in [-0.2, 0) is 30.4 Å². The van der Waals surface area contributed by atoms with Crippen LogP contribution in [0.2, 0.25) is 0 Å². The normalized spacial score (nSPS) is 13.3. The summed E-state index contributed by atoms with van der Waals surface area (Å²) in [5.74, 6) is -4.53. The number of carboxylic acids is 2. The number of carboxylic acid groups (broad SMARTS) is 2. The van der Waals surface area contributed by atoms with Crippen LogP contribution >= 0.6 is 0 Å². The van der Waals surface area contributed by atoms with E-state index in [-0.39, 0.29) is 32.3 Å². The summed E-state index contributed by atoms with van der Waals surface area (Å²) < 4.78 is 0. The minimum atomic E-state index is -1.31. The van der Waals surface area contributed by atoms with E-state index in [1.54, 1.807) is 30.3 Å². The highest BCUT2D eigenvalue weighted by atomic mass is 16.4. The molecular weight excluding hydrogens is 422 g/mol. The molecule has 0 aromatic heterocycles. The number of rotatable bonds is 14. The first kappa shape index (κ1) is 26.6. The van der Waals surface area contributed by atoms with Crippen molar-refractivity contribution < 1.29 is 39.3 Å². The lowest BCUT2D eigenvalue weighted by atomic mass is 10.0. The molecule has 0 spiro atoms. The number of aliphatic carboxylic acids is 2. The van der Waals surface area contributed by atoms with Crippen molar-refractivity contribution in [1.82, 2.24) is 16.0 Å². The Morgan fingerprint density at radius 2 is 1.50 bits per heavy atom. The minimum Gasteiger partial charge on any atom is -0.481 e. The van der Waals surface area contributed by atoms with Crippen molar-refractivity contribution in [2.45, 2.75) is 57.2 Å². The largest absolute Gasteiger partial charge is 0.481 e. The van der Waals surface area contributed by atoms with Gasteiger partial charge in [-0.05, 0) is 25.3 Å². The number of hydrogen-bond donors (Lipinski definition) is 6. The van der Waals surface area contributed by atoms with E-state index in [1.807, 2.05) is 0 Å². The van der Waals surface area contributed by atoms with Crippen LogP contribution in [-0.4, -0.2) is 69.7 Å². The standard InChI is InChI=1S/C21H29N3O8/c1-13(21(31)32)22-19(29)15(9-10-18(27)28)24-20(30)16(23-17(26)8-5-11-25)12-14-6-3-2-4-7-14/h2-4,6-7,13,15-16,25H,5,8-12H2,1H3,(H,22,29)(H,23,26)(H,24,30)(H,27,28)(H,31,32)/t13-,15-,16-/m0/s1. The first-order chi connectivity index (χ1) is 15.1. The molecule has 1 rings (SSSR count). The van der Waals surface area contributed by atoms with Crippen molar-refractivity contribution in [3.8, 4) is 0 Å². The summed E-state index contributed by atoms with van der Waals surface area (Å²) in [4.78, 5) is 59.5. The first-order valence-electron chi connectivity index (χ1n) is 10.1. The van der Waals surface area contributed by atoms with Gasteiger partial charge in [0.05, 0.1) is 0 Å². The molecule has 0 radical (unpaired) electrons. The van der Waals surface area contributed by atoms with Crippen LogP contribution in [0.5, 0.6) is 0 Å². The fourth-order valence-corrected chi connectivity index (χ4v) is 2.75. The van der Waals surface area contributed by atoms with Crippen molar-refractivity contribution in [3.05, 3.63) is 35.9 Å². The second-order valence-corrected chi connectivity index (χ2v) is 7.20. The average Bonchev–Trinajstić information content (AvgIpc) is 2.74. The van der Waals surface area contributed by atoms with Gasteiger partial charge in [0, 0.05) is 25.9 Å². The topological polar surface area (TPSA) is 182 Å². The minimum absolute atomic E-state index is 0.00583. The van der Waals surface area contributed by atoms with Gasteiger partial charge >= 0.3 is 11.9 Å². The van der Waals surface area contributed by atoms with E-state index in [0.717, 1.165) is 5.56 Å². The molecule has 32 heavy (non-hydrogen) atoms. The second-order valence-electron chi connectivity index (χ2n) is 7.20. The second kappa shape index (κ2) is 13.8. The van der Waals surface area contributed by atoms with Gasteiger partial charge in [0.15, 0.2) is 0 Å². The van der Waals surface area contributed by atoms with E-state index < -0.39 is 54.2 Å². The van der Waals surface area contributed by atoms with E-state index >= 15 is 0 Å². The molecule has 3 amide bonds. The zero-order chi connectivity index (χ0) is 24.1. The fraction of sp³-hybridized carbons (Fsp3) is 0.476. The number of nitrogens with one attached hydrogen (secondary N) is 3. The van der Waals surface area contributed by atoms with Crippen molar-refractivity contribution in [2.75, 3.05) is 6.61 Å². The van der Waals surface area contributed by atoms with Crippen molar-refractivity contribution in [1.29, 1.82) is 0 Å². The maximum atomic E-state index is 12.9. The smallest absolute Gasteiger partial charge is 0.325 e. The molecule has 1 aromatic carbocycles. The van der Waals surface area contributed by atoms with Gasteiger partial charge in [-0.2, -0.15) is 0 Å². The average molecular weight is 451 g/mol. The highest BCUT2D eigenvalue weighted by molar-refractivity contribution is 5.93. The van der Waals surface area contributed by atoms with E-state index in [2.05, 4.69) is 16.0 Å². The summed E-state index contributed by atoms with van der Waals surface area (Å²) in [6.07, 6.45) is -0.394. The Balaban J connectivity index is 2.99. The Morgan fingerprint density at radius 1 is 0.875 bits per heavy atom. The molecule has 0 aliphatic carbocycles. The Hall–Kier alpha value is -3.47. The number of carbonyl (C=O) groups is 5. The molecule has 0 aliphatic heterocycles. The first-order valence-corrected chi connectivity index (χ1v) is 10.1. The molecule has 11 nitrogen and oxygen atoms in total. The van der Waals surface area contributed by atoms with E-state index in [4.69, 9.17) is 15.3 Å². The number of benzene rings is 1. The summed E-state index contributed by atoms with van der Waals surface area (Å²) in [6.45, 7) is 1.04. The van der Waals surface area contributed by atoms with Gasteiger partial charge < -0.3 is 31.3 Å². The van der Waals surface area contributed by atoms with Gasteiger partial charge in [-0.3, -0.25) is 24.0 Å². The molecule has 0 saturated carbocycles. The highest BCUT2D eigenvalue weighted by Gasteiger charge is 2.28. The molecule has 0 heterocycles. The summed E-state index contributed by atoms with van der Waals surface area (Å²) in [6, 6.07) is 5.18. The number of hydrogen-bond acceptors (Lipinski definition) is 6. The third-order valence-corrected chi connectivity index (χ3v) is 4.51. The summed E-state index contributed by atoms with van der Waals surface area (Å²) >= 11 is 0. The molecule has 0 saturated heterocycles. The number of amides is 3. The summed E-state index contributed by atoms with van der Waals surface area (Å²) in [7, 11) is 0. The maximum absolute atomic E-state index is 12.9. The molecule has 0 unspecified atom stereocenters. The SMILES string of the molecule is C[C@H](NC(=O)[C@H](CCC(=O)O)NC(=O)[C@H](Cc1ccccc1)NC(=O)CCCO)C(=O)O. The Bertz CT molecular complexity index is 799. The Morgan fingerprint density at radius 3 is 2.06 bits per heavy atom. The lowest BCUT2D eigenvalue weighted by molar-refractivity contribution is -0.142. The van der Waals surface area contributed by atoms with Crippen LogP contribution in [0.4, 0.5) is 0 Å². The molecule has 6 N–H and O–H groups in total.